The number of primary amides is 1. The van der Waals surface area contributed by atoms with E-state index in [4.69, 9.17) is 9.92 Å². The fraction of sp³-hybridized carbons (Fsp3) is 0.500. The van der Waals surface area contributed by atoms with Crippen LogP contribution in [0.4, 0.5) is 4.79 Å². The number of nitrogens with two attached hydrogens (primary N) is 1. The number of para-hydroxylation sites is 1. The molecule has 24 heavy (non-hydrogen) atoms. The number of quaternary nitrogens is 1. The quantitative estimate of drug-likeness (QED) is 0.545. The van der Waals surface area contributed by atoms with Crippen molar-refractivity contribution in [2.24, 2.45) is 5.73 Å². The van der Waals surface area contributed by atoms with Crippen molar-refractivity contribution in [1.29, 1.82) is 0 Å². The molecule has 1 aliphatic rings. The lowest BCUT2D eigenvalue weighted by Crippen LogP contribution is -2.72. The molecular formula is C14H24N5O4S+. The average molecular weight is 358 g/mol. The molecule has 0 unspecified atom stereocenters. The lowest BCUT2D eigenvalue weighted by molar-refractivity contribution is -1.02. The minimum absolute atomic E-state index is 0.0288. The molecule has 1 aliphatic heterocycles. The molecule has 2 amide bonds. The summed E-state index contributed by atoms with van der Waals surface area (Å²) in [4.78, 5) is 11.8. The van der Waals surface area contributed by atoms with Crippen LogP contribution >= 0.6 is 0 Å². The number of urea groups is 1. The second-order valence-corrected chi connectivity index (χ2v) is 7.02. The monoisotopic (exact) mass is 358 g/mol. The number of hydrogen-bond acceptors (Lipinski definition) is 5. The summed E-state index contributed by atoms with van der Waals surface area (Å²) in [6.07, 6.45) is 0. The third-order valence-corrected chi connectivity index (χ3v) is 5.25. The van der Waals surface area contributed by atoms with Crippen LogP contribution in [-0.4, -0.2) is 68.3 Å². The number of hydrogen-bond donors (Lipinski definition) is 2. The van der Waals surface area contributed by atoms with E-state index in [0.29, 0.717) is 26.2 Å². The van der Waals surface area contributed by atoms with Crippen LogP contribution in [0.3, 0.4) is 0 Å². The van der Waals surface area contributed by atoms with Crippen molar-refractivity contribution in [1.82, 2.24) is 14.8 Å². The molecule has 0 spiro atoms. The fourth-order valence-electron chi connectivity index (χ4n) is 2.66. The Morgan fingerprint density at radius 3 is 2.38 bits per heavy atom. The molecule has 3 N–H and O–H groups in total. The first-order valence-corrected chi connectivity index (χ1v) is 9.09. The van der Waals surface area contributed by atoms with Gasteiger partial charge in [0, 0.05) is 19.6 Å². The normalized spacial score (nSPS) is 17.5. The van der Waals surface area contributed by atoms with Crippen LogP contribution in [0.1, 0.15) is 6.92 Å². The Labute approximate surface area is 142 Å². The van der Waals surface area contributed by atoms with E-state index in [1.54, 1.807) is 32.2 Å². The molecule has 1 fully saturated rings. The lowest BCUT2D eigenvalue weighted by atomic mass is 10.3. The lowest BCUT2D eigenvalue weighted by Gasteiger charge is -2.45. The van der Waals surface area contributed by atoms with Crippen LogP contribution in [0.2, 0.25) is 0 Å². The number of amides is 2. The first-order chi connectivity index (χ1) is 11.3. The topological polar surface area (TPSA) is 105 Å². The van der Waals surface area contributed by atoms with Gasteiger partial charge in [-0.3, -0.25) is 0 Å². The van der Waals surface area contributed by atoms with Gasteiger partial charge in [0.2, 0.25) is 0 Å². The van der Waals surface area contributed by atoms with Gasteiger partial charge in [-0.25, -0.2) is 9.39 Å². The number of piperazine rings is 1. The Morgan fingerprint density at radius 1 is 1.29 bits per heavy atom. The van der Waals surface area contributed by atoms with Crippen LogP contribution < -0.4 is 15.2 Å². The van der Waals surface area contributed by atoms with Gasteiger partial charge in [-0.05, 0) is 19.1 Å². The number of carbonyl (C=O) groups excluding carboxylic acids is 1. The molecule has 0 aliphatic carbocycles. The maximum Gasteiger partial charge on any atom is 0.448 e. The number of likely N-dealkylation sites (N-methyl/N-ethyl adjacent to an activating group) is 1. The summed E-state index contributed by atoms with van der Waals surface area (Å²) < 4.78 is 32.0. The summed E-state index contributed by atoms with van der Waals surface area (Å²) >= 11 is 0. The van der Waals surface area contributed by atoms with E-state index in [0.717, 1.165) is 9.53 Å². The molecule has 1 aromatic rings. The Balaban J connectivity index is 2.42. The third kappa shape index (κ3) is 3.96. The van der Waals surface area contributed by atoms with Crippen molar-refractivity contribution in [2.75, 3.05) is 39.8 Å². The van der Waals surface area contributed by atoms with Crippen molar-refractivity contribution >= 4 is 16.3 Å². The molecule has 0 radical (unpaired) electrons. The fourth-order valence-corrected chi connectivity index (χ4v) is 4.17. The first kappa shape index (κ1) is 18.5. The molecule has 9 nitrogen and oxygen atoms in total. The van der Waals surface area contributed by atoms with E-state index >= 15 is 0 Å². The van der Waals surface area contributed by atoms with Crippen LogP contribution in [0.5, 0.6) is 5.75 Å². The highest BCUT2D eigenvalue weighted by Gasteiger charge is 2.48. The third-order valence-electron chi connectivity index (χ3n) is 3.86. The number of rotatable bonds is 6. The van der Waals surface area contributed by atoms with Crippen LogP contribution in [0.15, 0.2) is 30.3 Å². The molecule has 2 rings (SSSR count). The summed E-state index contributed by atoms with van der Waals surface area (Å²) in [6, 6.07) is 7.31. The molecule has 0 aromatic heterocycles. The van der Waals surface area contributed by atoms with Gasteiger partial charge in [0.1, 0.15) is 18.8 Å². The molecule has 134 valence electrons. The zero-order valence-corrected chi connectivity index (χ0v) is 14.7. The van der Waals surface area contributed by atoms with E-state index in [1.165, 1.54) is 12.1 Å². The predicted molar refractivity (Wildman–Crippen MR) is 88.6 cm³/mol. The van der Waals surface area contributed by atoms with Gasteiger partial charge in [-0.2, -0.15) is 13.4 Å². The number of benzene rings is 1. The maximum absolute atomic E-state index is 12.9. The summed E-state index contributed by atoms with van der Waals surface area (Å²) in [5.41, 5.74) is 5.40. The van der Waals surface area contributed by atoms with E-state index in [2.05, 4.69) is 5.32 Å². The largest absolute Gasteiger partial charge is 0.448 e. The smallest absolute Gasteiger partial charge is 0.366 e. The molecule has 0 atom stereocenters. The Hall–Kier alpha value is -1.88. The van der Waals surface area contributed by atoms with Gasteiger partial charge < -0.3 is 15.2 Å². The molecule has 10 heteroatoms. The second-order valence-electron chi connectivity index (χ2n) is 5.67. The van der Waals surface area contributed by atoms with Crippen LogP contribution in [-0.2, 0) is 10.3 Å². The molecule has 1 heterocycles. The number of hydrazine groups is 1. The highest BCUT2D eigenvalue weighted by Crippen LogP contribution is 2.22. The van der Waals surface area contributed by atoms with Gasteiger partial charge in [0.05, 0.1) is 11.6 Å². The standard InChI is InChI=1S/C14H23N5O4S/c1-3-17(14(15)20)18(19(2)11-9-16-10-12-19)24(21,22)23-13-7-5-4-6-8-13/h4-8,16H,3,9-12H2,1-2H3,(H-,15,20)/p+1. The molecule has 1 saturated heterocycles. The SMILES string of the molecule is CCN(C(N)=O)N([N+]1(C)CCNCC1)S(=O)(=O)Oc1ccccc1. The zero-order valence-electron chi connectivity index (χ0n) is 13.9. The summed E-state index contributed by atoms with van der Waals surface area (Å²) in [6.45, 7) is 3.94. The molecule has 0 saturated carbocycles. The van der Waals surface area contributed by atoms with Crippen molar-refractivity contribution in [3.05, 3.63) is 30.3 Å². The van der Waals surface area contributed by atoms with Gasteiger partial charge in [0.25, 0.3) is 0 Å². The Morgan fingerprint density at radius 2 is 1.88 bits per heavy atom. The summed E-state index contributed by atoms with van der Waals surface area (Å²) in [5.74, 6) is 0.171. The van der Waals surface area contributed by atoms with E-state index < -0.39 is 16.3 Å². The van der Waals surface area contributed by atoms with Crippen molar-refractivity contribution < 1.29 is 22.0 Å². The van der Waals surface area contributed by atoms with Crippen LogP contribution in [0.25, 0.3) is 0 Å². The average Bonchev–Trinajstić information content (AvgIpc) is 2.52. The van der Waals surface area contributed by atoms with Crippen molar-refractivity contribution in [2.45, 2.75) is 6.92 Å². The minimum atomic E-state index is -4.29. The minimum Gasteiger partial charge on any atom is -0.366 e. The number of nitrogens with zero attached hydrogens (tertiary/aromatic N) is 3. The van der Waals surface area contributed by atoms with Gasteiger partial charge in [-0.1, -0.05) is 18.2 Å². The molecule has 0 bridgehead atoms. The van der Waals surface area contributed by atoms with Gasteiger partial charge in [0.15, 0.2) is 0 Å². The Kier molecular flexibility index (Phi) is 5.65. The number of carbonyl (C=O) groups is 1. The Bertz CT molecular complexity index is 661. The van der Waals surface area contributed by atoms with E-state index in [-0.39, 0.29) is 16.9 Å². The highest BCUT2D eigenvalue weighted by atomic mass is 32.2. The second kappa shape index (κ2) is 7.34. The zero-order chi connectivity index (χ0) is 17.8. The van der Waals surface area contributed by atoms with Gasteiger partial charge >= 0.3 is 16.3 Å². The molecule has 1 aromatic carbocycles. The van der Waals surface area contributed by atoms with Crippen molar-refractivity contribution in [3.8, 4) is 5.75 Å². The van der Waals surface area contributed by atoms with E-state index in [9.17, 15) is 13.2 Å². The maximum atomic E-state index is 12.9. The van der Waals surface area contributed by atoms with Crippen LogP contribution in [0, 0.1) is 0 Å². The first-order valence-electron chi connectivity index (χ1n) is 7.72. The molecular weight excluding hydrogens is 334 g/mol. The summed E-state index contributed by atoms with van der Waals surface area (Å²) in [5, 5.41) is 4.16. The highest BCUT2D eigenvalue weighted by molar-refractivity contribution is 7.84. The number of nitrogens with one attached hydrogen (secondary N) is 1. The van der Waals surface area contributed by atoms with Gasteiger partial charge in [-0.15, -0.1) is 0 Å². The predicted octanol–water partition coefficient (Wildman–Crippen LogP) is -0.107. The summed E-state index contributed by atoms with van der Waals surface area (Å²) in [7, 11) is -2.55. The van der Waals surface area contributed by atoms with Crippen molar-refractivity contribution in [3.63, 3.8) is 0 Å². The van der Waals surface area contributed by atoms with E-state index in [1.807, 2.05) is 0 Å².